The summed E-state index contributed by atoms with van der Waals surface area (Å²) in [5, 5.41) is 2.86. The molecule has 1 unspecified atom stereocenters. The molecule has 0 radical (unpaired) electrons. The van der Waals surface area contributed by atoms with Gasteiger partial charge in [0.05, 0.1) is 12.6 Å². The van der Waals surface area contributed by atoms with Crippen LogP contribution in [0.3, 0.4) is 0 Å². The van der Waals surface area contributed by atoms with Crippen molar-refractivity contribution in [1.82, 2.24) is 5.32 Å². The minimum absolute atomic E-state index is 0.333. The highest BCUT2D eigenvalue weighted by molar-refractivity contribution is 5.79. The van der Waals surface area contributed by atoms with Crippen molar-refractivity contribution in [3.63, 3.8) is 0 Å². The lowest BCUT2D eigenvalue weighted by Crippen LogP contribution is -2.40. The number of amides is 1. The Bertz CT molecular complexity index is 391. The topological polar surface area (TPSA) is 64.3 Å². The van der Waals surface area contributed by atoms with E-state index < -0.39 is 0 Å². The standard InChI is InChI=1S/C13H20N2O2/c1-9-4-5-12(10(2)8-9)17-7-6-11(15-3)13(14)16/h4-5,8,11,15H,6-7H2,1-3H3,(H2,14,16). The van der Waals surface area contributed by atoms with E-state index in [0.717, 1.165) is 11.3 Å². The van der Waals surface area contributed by atoms with Crippen molar-refractivity contribution >= 4 is 5.91 Å². The van der Waals surface area contributed by atoms with Crippen LogP contribution in [0.15, 0.2) is 18.2 Å². The lowest BCUT2D eigenvalue weighted by atomic mass is 10.1. The summed E-state index contributed by atoms with van der Waals surface area (Å²) in [5.41, 5.74) is 7.53. The van der Waals surface area contributed by atoms with E-state index in [1.807, 2.05) is 26.0 Å². The van der Waals surface area contributed by atoms with Gasteiger partial charge in [-0.05, 0) is 32.5 Å². The minimum atomic E-state index is -0.350. The molecule has 0 aliphatic carbocycles. The van der Waals surface area contributed by atoms with Crippen LogP contribution in [0.5, 0.6) is 5.75 Å². The summed E-state index contributed by atoms with van der Waals surface area (Å²) in [4.78, 5) is 11.0. The molecule has 0 aliphatic heterocycles. The average molecular weight is 236 g/mol. The third-order valence-electron chi connectivity index (χ3n) is 2.69. The van der Waals surface area contributed by atoms with Gasteiger partial charge in [0.2, 0.25) is 5.91 Å². The van der Waals surface area contributed by atoms with E-state index in [-0.39, 0.29) is 11.9 Å². The van der Waals surface area contributed by atoms with Crippen LogP contribution in [0.2, 0.25) is 0 Å². The number of nitrogens with two attached hydrogens (primary N) is 1. The number of carbonyl (C=O) groups is 1. The van der Waals surface area contributed by atoms with Crippen molar-refractivity contribution < 1.29 is 9.53 Å². The predicted octanol–water partition coefficient (Wildman–Crippen LogP) is 1.15. The molecule has 0 aromatic heterocycles. The Balaban J connectivity index is 2.48. The van der Waals surface area contributed by atoms with E-state index in [1.54, 1.807) is 7.05 Å². The first-order chi connectivity index (χ1) is 8.04. The summed E-state index contributed by atoms with van der Waals surface area (Å²) in [7, 11) is 1.71. The monoisotopic (exact) mass is 236 g/mol. The van der Waals surface area contributed by atoms with Crippen LogP contribution in [-0.4, -0.2) is 25.6 Å². The van der Waals surface area contributed by atoms with E-state index in [0.29, 0.717) is 13.0 Å². The Morgan fingerprint density at radius 3 is 2.71 bits per heavy atom. The van der Waals surface area contributed by atoms with Crippen LogP contribution >= 0.6 is 0 Å². The maximum absolute atomic E-state index is 11.0. The van der Waals surface area contributed by atoms with Gasteiger partial charge in [-0.15, -0.1) is 0 Å². The first kappa shape index (κ1) is 13.5. The zero-order valence-corrected chi connectivity index (χ0v) is 10.6. The van der Waals surface area contributed by atoms with Crippen molar-refractivity contribution in [3.05, 3.63) is 29.3 Å². The fraction of sp³-hybridized carbons (Fsp3) is 0.462. The van der Waals surface area contributed by atoms with E-state index in [4.69, 9.17) is 10.5 Å². The highest BCUT2D eigenvalue weighted by atomic mass is 16.5. The molecule has 0 saturated carbocycles. The number of hydrogen-bond donors (Lipinski definition) is 2. The van der Waals surface area contributed by atoms with Crippen molar-refractivity contribution in [1.29, 1.82) is 0 Å². The van der Waals surface area contributed by atoms with Crippen LogP contribution in [0.25, 0.3) is 0 Å². The number of carbonyl (C=O) groups excluding carboxylic acids is 1. The maximum Gasteiger partial charge on any atom is 0.234 e. The van der Waals surface area contributed by atoms with E-state index in [1.165, 1.54) is 5.56 Å². The SMILES string of the molecule is CNC(CCOc1ccc(C)cc1C)C(N)=O. The van der Waals surface area contributed by atoms with Crippen molar-refractivity contribution in [2.24, 2.45) is 5.73 Å². The van der Waals surface area contributed by atoms with Gasteiger partial charge < -0.3 is 15.8 Å². The maximum atomic E-state index is 11.0. The van der Waals surface area contributed by atoms with Gasteiger partial charge in [0, 0.05) is 6.42 Å². The number of aryl methyl sites for hydroxylation is 2. The van der Waals surface area contributed by atoms with Crippen LogP contribution in [0.1, 0.15) is 17.5 Å². The molecule has 3 N–H and O–H groups in total. The molecule has 4 heteroatoms. The molecule has 1 amide bonds. The van der Waals surface area contributed by atoms with Gasteiger partial charge in [0.15, 0.2) is 0 Å². The number of ether oxygens (including phenoxy) is 1. The second-order valence-corrected chi connectivity index (χ2v) is 4.15. The molecule has 0 aliphatic rings. The van der Waals surface area contributed by atoms with E-state index in [9.17, 15) is 4.79 Å². The third-order valence-corrected chi connectivity index (χ3v) is 2.69. The highest BCUT2D eigenvalue weighted by Crippen LogP contribution is 2.18. The Morgan fingerprint density at radius 1 is 1.47 bits per heavy atom. The normalized spacial score (nSPS) is 12.2. The Labute approximate surface area is 102 Å². The Hall–Kier alpha value is -1.55. The number of hydrogen-bond acceptors (Lipinski definition) is 3. The molecule has 0 bridgehead atoms. The summed E-state index contributed by atoms with van der Waals surface area (Å²) in [6.07, 6.45) is 0.569. The second-order valence-electron chi connectivity index (χ2n) is 4.15. The number of rotatable bonds is 6. The fourth-order valence-electron chi connectivity index (χ4n) is 1.68. The predicted molar refractivity (Wildman–Crippen MR) is 68.1 cm³/mol. The third kappa shape index (κ3) is 4.07. The van der Waals surface area contributed by atoms with Gasteiger partial charge in [-0.1, -0.05) is 17.7 Å². The van der Waals surface area contributed by atoms with Gasteiger partial charge in [-0.25, -0.2) is 0 Å². The number of nitrogens with one attached hydrogen (secondary N) is 1. The quantitative estimate of drug-likeness (QED) is 0.778. The Kier molecular flexibility index (Phi) is 4.97. The smallest absolute Gasteiger partial charge is 0.234 e. The zero-order chi connectivity index (χ0) is 12.8. The lowest BCUT2D eigenvalue weighted by Gasteiger charge is -2.14. The molecule has 1 rings (SSSR count). The molecule has 1 aromatic rings. The van der Waals surface area contributed by atoms with Gasteiger partial charge >= 0.3 is 0 Å². The first-order valence-electron chi connectivity index (χ1n) is 5.71. The number of benzene rings is 1. The summed E-state index contributed by atoms with van der Waals surface area (Å²) in [6, 6.07) is 5.69. The molecule has 0 heterocycles. The highest BCUT2D eigenvalue weighted by Gasteiger charge is 2.12. The van der Waals surface area contributed by atoms with Crippen molar-refractivity contribution in [3.8, 4) is 5.75 Å². The number of primary amides is 1. The molecule has 17 heavy (non-hydrogen) atoms. The van der Waals surface area contributed by atoms with Gasteiger partial charge in [-0.3, -0.25) is 4.79 Å². The molecule has 94 valence electrons. The molecular weight excluding hydrogens is 216 g/mol. The number of likely N-dealkylation sites (N-methyl/N-ethyl adjacent to an activating group) is 1. The fourth-order valence-corrected chi connectivity index (χ4v) is 1.68. The van der Waals surface area contributed by atoms with Gasteiger partial charge in [0.25, 0.3) is 0 Å². The molecule has 0 spiro atoms. The summed E-state index contributed by atoms with van der Waals surface area (Å²) in [6.45, 7) is 4.52. The van der Waals surface area contributed by atoms with Crippen LogP contribution in [-0.2, 0) is 4.79 Å². The van der Waals surface area contributed by atoms with E-state index >= 15 is 0 Å². The summed E-state index contributed by atoms with van der Waals surface area (Å²) >= 11 is 0. The Morgan fingerprint density at radius 2 is 2.18 bits per heavy atom. The van der Waals surface area contributed by atoms with Gasteiger partial charge in [0.1, 0.15) is 5.75 Å². The first-order valence-corrected chi connectivity index (χ1v) is 5.71. The second kappa shape index (κ2) is 6.25. The zero-order valence-electron chi connectivity index (χ0n) is 10.6. The van der Waals surface area contributed by atoms with E-state index in [2.05, 4.69) is 11.4 Å². The van der Waals surface area contributed by atoms with Crippen LogP contribution in [0.4, 0.5) is 0 Å². The van der Waals surface area contributed by atoms with Crippen molar-refractivity contribution in [2.75, 3.05) is 13.7 Å². The molecule has 0 saturated heterocycles. The molecule has 1 aromatic carbocycles. The average Bonchev–Trinajstić information content (AvgIpc) is 2.26. The molecule has 0 fully saturated rings. The lowest BCUT2D eigenvalue weighted by molar-refractivity contribution is -0.120. The van der Waals surface area contributed by atoms with Crippen LogP contribution in [0, 0.1) is 13.8 Å². The molecule has 4 nitrogen and oxygen atoms in total. The van der Waals surface area contributed by atoms with Crippen LogP contribution < -0.4 is 15.8 Å². The summed E-state index contributed by atoms with van der Waals surface area (Å²) in [5.74, 6) is 0.506. The molecule has 1 atom stereocenters. The minimum Gasteiger partial charge on any atom is -0.493 e. The van der Waals surface area contributed by atoms with Gasteiger partial charge in [-0.2, -0.15) is 0 Å². The largest absolute Gasteiger partial charge is 0.493 e. The summed E-state index contributed by atoms with van der Waals surface area (Å²) < 4.78 is 5.63. The van der Waals surface area contributed by atoms with Crippen molar-refractivity contribution in [2.45, 2.75) is 26.3 Å². The molecular formula is C13H20N2O2.